The van der Waals surface area contributed by atoms with Crippen LogP contribution in [0.1, 0.15) is 23.2 Å². The van der Waals surface area contributed by atoms with Gasteiger partial charge in [0, 0.05) is 54.8 Å². The number of pyridine rings is 1. The van der Waals surface area contributed by atoms with Crippen LogP contribution in [0.15, 0.2) is 61.2 Å². The van der Waals surface area contributed by atoms with E-state index >= 15 is 0 Å². The lowest BCUT2D eigenvalue weighted by atomic mass is 10.1. The Morgan fingerprint density at radius 1 is 1.15 bits per heavy atom. The van der Waals surface area contributed by atoms with Gasteiger partial charge in [0.15, 0.2) is 0 Å². The molecule has 1 fully saturated rings. The summed E-state index contributed by atoms with van der Waals surface area (Å²) in [5, 5.41) is 2.94. The van der Waals surface area contributed by atoms with Crippen molar-refractivity contribution in [3.63, 3.8) is 0 Å². The number of ether oxygens (including phenoxy) is 1. The predicted octanol–water partition coefficient (Wildman–Crippen LogP) is 2.84. The van der Waals surface area contributed by atoms with Crippen LogP contribution in [-0.4, -0.2) is 39.7 Å². The third-order valence-corrected chi connectivity index (χ3v) is 4.50. The van der Waals surface area contributed by atoms with Crippen LogP contribution in [0.25, 0.3) is 17.1 Å². The van der Waals surface area contributed by atoms with E-state index in [0.29, 0.717) is 12.1 Å². The van der Waals surface area contributed by atoms with Crippen molar-refractivity contribution in [3.05, 3.63) is 66.7 Å². The highest BCUT2D eigenvalue weighted by Crippen LogP contribution is 2.21. The van der Waals surface area contributed by atoms with E-state index in [-0.39, 0.29) is 12.0 Å². The minimum Gasteiger partial charge on any atom is -0.376 e. The Morgan fingerprint density at radius 3 is 2.69 bits per heavy atom. The summed E-state index contributed by atoms with van der Waals surface area (Å²) in [5.74, 6) is 0.759. The van der Waals surface area contributed by atoms with Crippen molar-refractivity contribution in [1.29, 1.82) is 0 Å². The van der Waals surface area contributed by atoms with Crippen molar-refractivity contribution in [2.24, 2.45) is 0 Å². The van der Waals surface area contributed by atoms with Gasteiger partial charge in [0.1, 0.15) is 5.82 Å². The molecule has 1 N–H and O–H groups in total. The van der Waals surface area contributed by atoms with Gasteiger partial charge in [-0.15, -0.1) is 0 Å². The maximum Gasteiger partial charge on any atom is 0.251 e. The molecule has 4 rings (SSSR count). The Hall–Kier alpha value is -2.99. The average molecular weight is 348 g/mol. The van der Waals surface area contributed by atoms with E-state index in [4.69, 9.17) is 4.74 Å². The molecule has 0 saturated carbocycles. The third-order valence-electron chi connectivity index (χ3n) is 4.50. The largest absolute Gasteiger partial charge is 0.376 e. The molecule has 0 aliphatic carbocycles. The highest BCUT2D eigenvalue weighted by atomic mass is 16.5. The van der Waals surface area contributed by atoms with Crippen molar-refractivity contribution >= 4 is 5.91 Å². The van der Waals surface area contributed by atoms with E-state index in [1.807, 2.05) is 47.2 Å². The molecule has 1 amide bonds. The summed E-state index contributed by atoms with van der Waals surface area (Å²) in [6, 6.07) is 11.4. The van der Waals surface area contributed by atoms with Gasteiger partial charge in [-0.2, -0.15) is 0 Å². The highest BCUT2D eigenvalue weighted by Gasteiger charge is 2.16. The van der Waals surface area contributed by atoms with E-state index in [1.54, 1.807) is 18.6 Å². The Bertz CT molecular complexity index is 868. The third kappa shape index (κ3) is 3.50. The number of hydrogen-bond acceptors (Lipinski definition) is 4. The quantitative estimate of drug-likeness (QED) is 0.770. The number of hydrogen-bond donors (Lipinski definition) is 1. The van der Waals surface area contributed by atoms with Gasteiger partial charge in [-0.3, -0.25) is 14.3 Å². The van der Waals surface area contributed by atoms with Gasteiger partial charge in [-0.1, -0.05) is 0 Å². The molecule has 1 unspecified atom stereocenters. The number of rotatable bonds is 5. The lowest BCUT2D eigenvalue weighted by Gasteiger charge is -2.12. The van der Waals surface area contributed by atoms with Crippen LogP contribution in [-0.2, 0) is 4.74 Å². The minimum atomic E-state index is -0.0768. The summed E-state index contributed by atoms with van der Waals surface area (Å²) < 4.78 is 7.52. The number of amides is 1. The van der Waals surface area contributed by atoms with Gasteiger partial charge in [-0.05, 0) is 49.2 Å². The van der Waals surface area contributed by atoms with E-state index < -0.39 is 0 Å². The van der Waals surface area contributed by atoms with Crippen LogP contribution < -0.4 is 5.32 Å². The fourth-order valence-electron chi connectivity index (χ4n) is 3.11. The zero-order valence-corrected chi connectivity index (χ0v) is 14.3. The molecule has 1 saturated heterocycles. The van der Waals surface area contributed by atoms with Gasteiger partial charge in [0.25, 0.3) is 5.91 Å². The second kappa shape index (κ2) is 7.49. The zero-order valence-electron chi connectivity index (χ0n) is 14.3. The van der Waals surface area contributed by atoms with Crippen LogP contribution in [0.4, 0.5) is 0 Å². The summed E-state index contributed by atoms with van der Waals surface area (Å²) >= 11 is 0. The maximum atomic E-state index is 12.3. The molecular weight excluding hydrogens is 328 g/mol. The summed E-state index contributed by atoms with van der Waals surface area (Å²) in [7, 11) is 0. The van der Waals surface area contributed by atoms with Crippen LogP contribution in [0, 0.1) is 0 Å². The second-order valence-electron chi connectivity index (χ2n) is 6.25. The Morgan fingerprint density at radius 2 is 1.96 bits per heavy atom. The normalized spacial score (nSPS) is 16.5. The Labute approximate surface area is 151 Å². The Kier molecular flexibility index (Phi) is 4.75. The first-order chi connectivity index (χ1) is 12.8. The number of imidazole rings is 1. The lowest BCUT2D eigenvalue weighted by Crippen LogP contribution is -2.31. The number of nitrogens with one attached hydrogen (secondary N) is 1. The van der Waals surface area contributed by atoms with Crippen LogP contribution in [0.3, 0.4) is 0 Å². The number of carbonyl (C=O) groups is 1. The summed E-state index contributed by atoms with van der Waals surface area (Å²) in [5.41, 5.74) is 2.57. The molecule has 1 aliphatic heterocycles. The summed E-state index contributed by atoms with van der Waals surface area (Å²) in [4.78, 5) is 20.8. The monoisotopic (exact) mass is 348 g/mol. The van der Waals surface area contributed by atoms with E-state index in [0.717, 1.165) is 36.5 Å². The van der Waals surface area contributed by atoms with Crippen LogP contribution in [0.5, 0.6) is 0 Å². The van der Waals surface area contributed by atoms with E-state index in [9.17, 15) is 4.79 Å². The van der Waals surface area contributed by atoms with E-state index in [2.05, 4.69) is 15.3 Å². The summed E-state index contributed by atoms with van der Waals surface area (Å²) in [6.45, 7) is 1.36. The molecule has 6 heteroatoms. The predicted molar refractivity (Wildman–Crippen MR) is 98.1 cm³/mol. The molecule has 0 bridgehead atoms. The second-order valence-corrected chi connectivity index (χ2v) is 6.25. The first kappa shape index (κ1) is 16.5. The van der Waals surface area contributed by atoms with Crippen molar-refractivity contribution in [1.82, 2.24) is 19.9 Å². The number of aromatic nitrogens is 3. The van der Waals surface area contributed by atoms with Crippen LogP contribution >= 0.6 is 0 Å². The molecule has 1 aromatic carbocycles. The first-order valence-corrected chi connectivity index (χ1v) is 8.75. The fraction of sp³-hybridized carbons (Fsp3) is 0.250. The van der Waals surface area contributed by atoms with Crippen molar-refractivity contribution < 1.29 is 9.53 Å². The minimum absolute atomic E-state index is 0.0768. The molecule has 2 aromatic heterocycles. The van der Waals surface area contributed by atoms with Gasteiger partial charge in [0.2, 0.25) is 0 Å². The molecule has 132 valence electrons. The van der Waals surface area contributed by atoms with Crippen LogP contribution in [0.2, 0.25) is 0 Å². The maximum absolute atomic E-state index is 12.3. The highest BCUT2D eigenvalue weighted by molar-refractivity contribution is 5.94. The molecule has 3 heterocycles. The molecule has 0 radical (unpaired) electrons. The zero-order chi connectivity index (χ0) is 17.8. The van der Waals surface area contributed by atoms with Crippen molar-refractivity contribution in [2.75, 3.05) is 13.2 Å². The molecule has 1 atom stereocenters. The van der Waals surface area contributed by atoms with Gasteiger partial charge >= 0.3 is 0 Å². The Balaban J connectivity index is 1.48. The molecule has 0 spiro atoms. The van der Waals surface area contributed by atoms with Crippen molar-refractivity contribution in [3.8, 4) is 17.1 Å². The average Bonchev–Trinajstić information content (AvgIpc) is 3.39. The summed E-state index contributed by atoms with van der Waals surface area (Å²) in [6.07, 6.45) is 9.39. The van der Waals surface area contributed by atoms with Crippen molar-refractivity contribution in [2.45, 2.75) is 18.9 Å². The first-order valence-electron chi connectivity index (χ1n) is 8.75. The molecule has 3 aromatic rings. The fourth-order valence-corrected chi connectivity index (χ4v) is 3.11. The van der Waals surface area contributed by atoms with Gasteiger partial charge < -0.3 is 10.1 Å². The number of carbonyl (C=O) groups excluding carboxylic acids is 1. The number of benzene rings is 1. The smallest absolute Gasteiger partial charge is 0.251 e. The molecular formula is C20H20N4O2. The van der Waals surface area contributed by atoms with E-state index in [1.165, 1.54) is 0 Å². The standard InChI is InChI=1S/C20H20N4O2/c25-20(23-14-18-2-1-13-26-18)16-3-5-17(6-4-16)24-12-11-22-19(24)15-7-9-21-10-8-15/h3-12,18H,1-2,13-14H2,(H,23,25). The molecule has 1 aliphatic rings. The molecule has 26 heavy (non-hydrogen) atoms. The van der Waals surface area contributed by atoms with Gasteiger partial charge in [0.05, 0.1) is 6.10 Å². The molecule has 6 nitrogen and oxygen atoms in total. The topological polar surface area (TPSA) is 69.0 Å². The lowest BCUT2D eigenvalue weighted by molar-refractivity contribution is 0.0858. The number of nitrogens with zero attached hydrogens (tertiary/aromatic N) is 3. The van der Waals surface area contributed by atoms with Gasteiger partial charge in [-0.25, -0.2) is 4.98 Å². The SMILES string of the molecule is O=C(NCC1CCCO1)c1ccc(-n2ccnc2-c2ccncc2)cc1.